The maximum atomic E-state index is 13.1. The Kier molecular flexibility index (Phi) is 5.79. The number of hydrogen-bond donors (Lipinski definition) is 0. The average molecular weight is 461 g/mol. The zero-order chi connectivity index (χ0) is 24.0. The SMILES string of the molecule is Cc1cccc(N2C(=O)C[C@@H](N3CCN([C@H]4CC(=O)N(c5cccc(C)c5)C4=O)CC3)C2=O)c1. The van der Waals surface area contributed by atoms with Crippen LogP contribution in [0.5, 0.6) is 0 Å². The van der Waals surface area contributed by atoms with Crippen LogP contribution in [0.1, 0.15) is 24.0 Å². The average Bonchev–Trinajstić information content (AvgIpc) is 3.28. The van der Waals surface area contributed by atoms with Crippen LogP contribution in [0.2, 0.25) is 0 Å². The summed E-state index contributed by atoms with van der Waals surface area (Å²) in [4.78, 5) is 58.3. The molecule has 0 aromatic heterocycles. The Morgan fingerprint density at radius 1 is 0.618 bits per heavy atom. The van der Waals surface area contributed by atoms with Crippen LogP contribution >= 0.6 is 0 Å². The van der Waals surface area contributed by atoms with Gasteiger partial charge in [0.2, 0.25) is 11.8 Å². The summed E-state index contributed by atoms with van der Waals surface area (Å²) in [6.45, 7) is 6.11. The lowest BCUT2D eigenvalue weighted by atomic mass is 10.1. The van der Waals surface area contributed by atoms with Crippen molar-refractivity contribution in [3.05, 3.63) is 59.7 Å². The van der Waals surface area contributed by atoms with Gasteiger partial charge in [0.25, 0.3) is 11.8 Å². The Labute approximate surface area is 198 Å². The van der Waals surface area contributed by atoms with Crippen molar-refractivity contribution in [2.45, 2.75) is 38.8 Å². The molecule has 176 valence electrons. The van der Waals surface area contributed by atoms with E-state index in [1.165, 1.54) is 9.80 Å². The van der Waals surface area contributed by atoms with E-state index in [-0.39, 0.29) is 36.5 Å². The second-order valence-electron chi connectivity index (χ2n) is 9.32. The van der Waals surface area contributed by atoms with Crippen LogP contribution in [0.3, 0.4) is 0 Å². The minimum Gasteiger partial charge on any atom is -0.289 e. The molecule has 3 aliphatic rings. The zero-order valence-electron chi connectivity index (χ0n) is 19.4. The number of benzene rings is 2. The molecule has 3 fully saturated rings. The van der Waals surface area contributed by atoms with E-state index in [1.54, 1.807) is 12.1 Å². The predicted octanol–water partition coefficient (Wildman–Crippen LogP) is 1.89. The maximum Gasteiger partial charge on any atom is 0.251 e. The summed E-state index contributed by atoms with van der Waals surface area (Å²) in [5.74, 6) is -0.759. The van der Waals surface area contributed by atoms with Crippen LogP contribution in [0.25, 0.3) is 0 Å². The van der Waals surface area contributed by atoms with Gasteiger partial charge >= 0.3 is 0 Å². The van der Waals surface area contributed by atoms with Gasteiger partial charge in [-0.1, -0.05) is 24.3 Å². The van der Waals surface area contributed by atoms with E-state index in [0.29, 0.717) is 37.6 Å². The number of carbonyl (C=O) groups excluding carboxylic acids is 4. The fraction of sp³-hybridized carbons (Fsp3) is 0.385. The first-order valence-electron chi connectivity index (χ1n) is 11.7. The van der Waals surface area contributed by atoms with E-state index in [2.05, 4.69) is 0 Å². The Morgan fingerprint density at radius 2 is 1.00 bits per heavy atom. The largest absolute Gasteiger partial charge is 0.289 e. The second-order valence-corrected chi connectivity index (χ2v) is 9.32. The smallest absolute Gasteiger partial charge is 0.251 e. The Bertz CT molecular complexity index is 1080. The van der Waals surface area contributed by atoms with Crippen LogP contribution in [0.4, 0.5) is 11.4 Å². The van der Waals surface area contributed by atoms with E-state index >= 15 is 0 Å². The summed E-state index contributed by atoms with van der Waals surface area (Å²) in [6.07, 6.45) is 0.323. The molecule has 0 unspecified atom stereocenters. The lowest BCUT2D eigenvalue weighted by Gasteiger charge is -2.38. The van der Waals surface area contributed by atoms with Gasteiger partial charge in [-0.15, -0.1) is 0 Å². The summed E-state index contributed by atoms with van der Waals surface area (Å²) in [7, 11) is 0. The number of carbonyl (C=O) groups is 4. The van der Waals surface area contributed by atoms with E-state index < -0.39 is 12.1 Å². The molecule has 2 aromatic rings. The molecule has 3 saturated heterocycles. The summed E-state index contributed by atoms with van der Waals surface area (Å²) in [5.41, 5.74) is 3.21. The highest BCUT2D eigenvalue weighted by Crippen LogP contribution is 2.29. The van der Waals surface area contributed by atoms with Crippen molar-refractivity contribution in [1.29, 1.82) is 0 Å². The number of amides is 4. The van der Waals surface area contributed by atoms with Crippen LogP contribution in [0.15, 0.2) is 48.5 Å². The molecule has 2 atom stereocenters. The third-order valence-corrected chi connectivity index (χ3v) is 7.00. The van der Waals surface area contributed by atoms with Gasteiger partial charge in [0, 0.05) is 26.2 Å². The molecule has 3 heterocycles. The van der Waals surface area contributed by atoms with Crippen molar-refractivity contribution in [2.24, 2.45) is 0 Å². The quantitative estimate of drug-likeness (QED) is 0.649. The number of hydrogen-bond acceptors (Lipinski definition) is 6. The van der Waals surface area contributed by atoms with E-state index in [1.807, 2.05) is 60.0 Å². The minimum atomic E-state index is -0.486. The maximum absolute atomic E-state index is 13.1. The molecule has 0 aliphatic carbocycles. The molecule has 8 heteroatoms. The Morgan fingerprint density at radius 3 is 1.35 bits per heavy atom. The molecule has 5 rings (SSSR count). The minimum absolute atomic E-state index is 0.161. The van der Waals surface area contributed by atoms with Gasteiger partial charge < -0.3 is 0 Å². The van der Waals surface area contributed by atoms with Gasteiger partial charge in [-0.2, -0.15) is 0 Å². The van der Waals surface area contributed by atoms with Crippen molar-refractivity contribution in [1.82, 2.24) is 9.80 Å². The van der Waals surface area contributed by atoms with Crippen LogP contribution in [-0.2, 0) is 19.2 Å². The molecule has 0 bridgehead atoms. The van der Waals surface area contributed by atoms with Gasteiger partial charge in [-0.25, -0.2) is 9.80 Å². The van der Waals surface area contributed by atoms with Crippen LogP contribution in [0, 0.1) is 13.8 Å². The predicted molar refractivity (Wildman–Crippen MR) is 127 cm³/mol. The van der Waals surface area contributed by atoms with Crippen molar-refractivity contribution < 1.29 is 19.2 Å². The molecule has 2 aromatic carbocycles. The molecular formula is C26H28N4O4. The summed E-state index contributed by atoms with van der Waals surface area (Å²) < 4.78 is 0. The second kappa shape index (κ2) is 8.77. The van der Waals surface area contributed by atoms with E-state index in [4.69, 9.17) is 0 Å². The molecule has 0 radical (unpaired) electrons. The van der Waals surface area contributed by atoms with Crippen LogP contribution in [-0.4, -0.2) is 71.7 Å². The first-order valence-corrected chi connectivity index (χ1v) is 11.7. The fourth-order valence-electron chi connectivity index (χ4n) is 5.24. The monoisotopic (exact) mass is 460 g/mol. The van der Waals surface area contributed by atoms with Crippen molar-refractivity contribution in [3.63, 3.8) is 0 Å². The number of imide groups is 2. The van der Waals surface area contributed by atoms with E-state index in [9.17, 15) is 19.2 Å². The summed E-state index contributed by atoms with van der Waals surface area (Å²) in [5, 5.41) is 0. The molecule has 0 N–H and O–H groups in total. The lowest BCUT2D eigenvalue weighted by molar-refractivity contribution is -0.126. The van der Waals surface area contributed by atoms with Gasteiger partial charge in [0.1, 0.15) is 0 Å². The first-order chi connectivity index (χ1) is 16.3. The van der Waals surface area contributed by atoms with Crippen LogP contribution < -0.4 is 9.80 Å². The third-order valence-electron chi connectivity index (χ3n) is 7.00. The molecule has 34 heavy (non-hydrogen) atoms. The highest BCUT2D eigenvalue weighted by atomic mass is 16.2. The van der Waals surface area contributed by atoms with Gasteiger partial charge in [-0.05, 0) is 49.2 Å². The normalized spacial score (nSPS) is 24.5. The highest BCUT2D eigenvalue weighted by molar-refractivity contribution is 6.23. The van der Waals surface area contributed by atoms with Gasteiger partial charge in [-0.3, -0.25) is 29.0 Å². The fourth-order valence-corrected chi connectivity index (χ4v) is 5.24. The molecule has 3 aliphatic heterocycles. The number of piperazine rings is 1. The topological polar surface area (TPSA) is 81.2 Å². The molecule has 0 saturated carbocycles. The first kappa shape index (κ1) is 22.4. The molecule has 0 spiro atoms. The van der Waals surface area contributed by atoms with Gasteiger partial charge in [0.05, 0.1) is 36.3 Å². The van der Waals surface area contributed by atoms with Crippen molar-refractivity contribution in [3.8, 4) is 0 Å². The Hall–Kier alpha value is -3.36. The summed E-state index contributed by atoms with van der Waals surface area (Å²) in [6, 6.07) is 13.8. The lowest BCUT2D eigenvalue weighted by Crippen LogP contribution is -2.56. The van der Waals surface area contributed by atoms with Crippen molar-refractivity contribution >= 4 is 35.0 Å². The molecule has 8 nitrogen and oxygen atoms in total. The summed E-state index contributed by atoms with van der Waals surface area (Å²) >= 11 is 0. The molecule has 4 amide bonds. The number of rotatable bonds is 4. The third kappa shape index (κ3) is 3.93. The van der Waals surface area contributed by atoms with E-state index in [0.717, 1.165) is 11.1 Å². The number of aryl methyl sites for hydroxylation is 2. The number of anilines is 2. The number of nitrogens with zero attached hydrogens (tertiary/aromatic N) is 4. The zero-order valence-corrected chi connectivity index (χ0v) is 19.4. The van der Waals surface area contributed by atoms with Gasteiger partial charge in [0.15, 0.2) is 0 Å². The molecular weight excluding hydrogens is 432 g/mol. The van der Waals surface area contributed by atoms with Crippen molar-refractivity contribution in [2.75, 3.05) is 36.0 Å². The highest BCUT2D eigenvalue weighted by Gasteiger charge is 2.46. The Balaban J connectivity index is 1.24. The standard InChI is InChI=1S/C26H28N4O4/c1-17-5-3-7-19(13-17)29-23(31)15-21(25(29)33)27-9-11-28(12-10-27)22-16-24(32)30(26(22)34)20-8-4-6-18(2)14-20/h3-8,13-14,21-22H,9-12,15-16H2,1-2H3/t21-,22+.